The first-order valence-electron chi connectivity index (χ1n) is 6.89. The third-order valence-corrected chi connectivity index (χ3v) is 3.75. The van der Waals surface area contributed by atoms with Gasteiger partial charge in [-0.2, -0.15) is 0 Å². The van der Waals surface area contributed by atoms with Gasteiger partial charge >= 0.3 is 0 Å². The third kappa shape index (κ3) is 4.45. The van der Waals surface area contributed by atoms with Crippen molar-refractivity contribution in [3.8, 4) is 5.75 Å². The molecule has 0 amide bonds. The van der Waals surface area contributed by atoms with E-state index < -0.39 is 0 Å². The lowest BCUT2D eigenvalue weighted by molar-refractivity contribution is 0.413. The third-order valence-electron chi connectivity index (χ3n) is 3.52. The summed E-state index contributed by atoms with van der Waals surface area (Å²) in [5, 5.41) is 0.411. The molecule has 21 heavy (non-hydrogen) atoms. The van der Waals surface area contributed by atoms with Crippen molar-refractivity contribution in [2.45, 2.75) is 12.8 Å². The number of hydrogen-bond acceptors (Lipinski definition) is 2. The summed E-state index contributed by atoms with van der Waals surface area (Å²) in [5.41, 5.74) is 7.63. The molecule has 0 aromatic heterocycles. The van der Waals surface area contributed by atoms with Crippen LogP contribution in [-0.4, -0.2) is 13.7 Å². The number of halogens is 2. The molecule has 0 saturated carbocycles. The molecule has 0 aliphatic carbocycles. The highest BCUT2D eigenvalue weighted by Gasteiger charge is 2.13. The van der Waals surface area contributed by atoms with Crippen LogP contribution in [0.4, 0.5) is 4.39 Å². The fourth-order valence-corrected chi connectivity index (χ4v) is 2.53. The van der Waals surface area contributed by atoms with E-state index in [4.69, 9.17) is 22.1 Å². The summed E-state index contributed by atoms with van der Waals surface area (Å²) in [6.45, 7) is 0.499. The summed E-state index contributed by atoms with van der Waals surface area (Å²) < 4.78 is 19.1. The van der Waals surface area contributed by atoms with E-state index in [0.717, 1.165) is 17.7 Å². The molecule has 0 bridgehead atoms. The van der Waals surface area contributed by atoms with Crippen LogP contribution < -0.4 is 10.5 Å². The van der Waals surface area contributed by atoms with Gasteiger partial charge in [0.05, 0.1) is 7.11 Å². The first-order chi connectivity index (χ1) is 10.1. The van der Waals surface area contributed by atoms with Crippen molar-refractivity contribution in [2.24, 2.45) is 11.7 Å². The predicted molar refractivity (Wildman–Crippen MR) is 84.4 cm³/mol. The Kier molecular flexibility index (Phi) is 5.59. The maximum Gasteiger partial charge on any atom is 0.127 e. The Morgan fingerprint density at radius 1 is 1.19 bits per heavy atom. The molecule has 4 heteroatoms. The molecule has 2 aromatic carbocycles. The van der Waals surface area contributed by atoms with Gasteiger partial charge in [0.1, 0.15) is 11.6 Å². The fraction of sp³-hybridized carbons (Fsp3) is 0.294. The predicted octanol–water partition coefficient (Wildman–Crippen LogP) is 3.85. The molecule has 1 atom stereocenters. The maximum absolute atomic E-state index is 13.9. The highest BCUT2D eigenvalue weighted by molar-refractivity contribution is 6.30. The van der Waals surface area contributed by atoms with Crippen molar-refractivity contribution in [1.82, 2.24) is 0 Å². The molecular formula is C17H19ClFNO. The minimum atomic E-state index is -0.272. The van der Waals surface area contributed by atoms with Crippen molar-refractivity contribution in [3.05, 3.63) is 64.4 Å². The summed E-state index contributed by atoms with van der Waals surface area (Å²) in [7, 11) is 1.64. The number of nitrogens with two attached hydrogens (primary N) is 1. The molecular weight excluding hydrogens is 289 g/mol. The molecule has 0 aliphatic rings. The van der Waals surface area contributed by atoms with Crippen molar-refractivity contribution >= 4 is 11.6 Å². The van der Waals surface area contributed by atoms with Gasteiger partial charge in [-0.25, -0.2) is 4.39 Å². The molecule has 0 heterocycles. The topological polar surface area (TPSA) is 35.2 Å². The quantitative estimate of drug-likeness (QED) is 0.880. The smallest absolute Gasteiger partial charge is 0.127 e. The van der Waals surface area contributed by atoms with E-state index in [2.05, 4.69) is 0 Å². The standard InChI is InChI=1S/C17H19ClFNO/c1-21-16-4-2-3-12(9-16)7-13(11-20)8-14-5-6-15(18)10-17(14)19/h2-6,9-10,13H,7-8,11,20H2,1H3. The summed E-state index contributed by atoms with van der Waals surface area (Å²) >= 11 is 5.77. The first-order valence-corrected chi connectivity index (χ1v) is 7.27. The number of hydrogen-bond donors (Lipinski definition) is 1. The van der Waals surface area contributed by atoms with Crippen LogP contribution in [-0.2, 0) is 12.8 Å². The summed E-state index contributed by atoms with van der Waals surface area (Å²) in [6, 6.07) is 12.6. The van der Waals surface area contributed by atoms with Gasteiger partial charge < -0.3 is 10.5 Å². The second-order valence-electron chi connectivity index (χ2n) is 5.10. The van der Waals surface area contributed by atoms with E-state index in [9.17, 15) is 4.39 Å². The van der Waals surface area contributed by atoms with Crippen molar-refractivity contribution in [3.63, 3.8) is 0 Å². The van der Waals surface area contributed by atoms with Crippen LogP contribution in [0, 0.1) is 11.7 Å². The van der Waals surface area contributed by atoms with Gasteiger partial charge in [0.2, 0.25) is 0 Å². The summed E-state index contributed by atoms with van der Waals surface area (Å²) in [4.78, 5) is 0. The van der Waals surface area contributed by atoms with Crippen LogP contribution in [0.1, 0.15) is 11.1 Å². The van der Waals surface area contributed by atoms with Crippen LogP contribution in [0.15, 0.2) is 42.5 Å². The maximum atomic E-state index is 13.9. The van der Waals surface area contributed by atoms with E-state index in [-0.39, 0.29) is 11.7 Å². The zero-order chi connectivity index (χ0) is 15.2. The van der Waals surface area contributed by atoms with E-state index in [1.54, 1.807) is 19.2 Å². The number of benzene rings is 2. The second kappa shape index (κ2) is 7.43. The van der Waals surface area contributed by atoms with Gasteiger partial charge in [-0.15, -0.1) is 0 Å². The largest absolute Gasteiger partial charge is 0.497 e. The van der Waals surface area contributed by atoms with Crippen LogP contribution in [0.2, 0.25) is 5.02 Å². The minimum absolute atomic E-state index is 0.174. The first kappa shape index (κ1) is 15.8. The van der Waals surface area contributed by atoms with Gasteiger partial charge in [0.25, 0.3) is 0 Å². The molecule has 2 rings (SSSR count). The molecule has 1 unspecified atom stereocenters. The van der Waals surface area contributed by atoms with E-state index in [0.29, 0.717) is 23.6 Å². The fourth-order valence-electron chi connectivity index (χ4n) is 2.37. The molecule has 0 fully saturated rings. The van der Waals surface area contributed by atoms with Gasteiger partial charge in [-0.1, -0.05) is 29.8 Å². The molecule has 0 radical (unpaired) electrons. The molecule has 2 N–H and O–H groups in total. The lowest BCUT2D eigenvalue weighted by atomic mass is 9.92. The lowest BCUT2D eigenvalue weighted by Crippen LogP contribution is -2.20. The second-order valence-corrected chi connectivity index (χ2v) is 5.53. The molecule has 0 spiro atoms. The Balaban J connectivity index is 2.09. The Morgan fingerprint density at radius 3 is 2.67 bits per heavy atom. The average Bonchev–Trinajstić information content (AvgIpc) is 2.49. The van der Waals surface area contributed by atoms with Crippen molar-refractivity contribution < 1.29 is 9.13 Å². The van der Waals surface area contributed by atoms with Gasteiger partial charge in [0.15, 0.2) is 0 Å². The van der Waals surface area contributed by atoms with Crippen LogP contribution in [0.5, 0.6) is 5.75 Å². The lowest BCUT2D eigenvalue weighted by Gasteiger charge is -2.16. The average molecular weight is 308 g/mol. The van der Waals surface area contributed by atoms with Crippen LogP contribution in [0.25, 0.3) is 0 Å². The van der Waals surface area contributed by atoms with Crippen molar-refractivity contribution in [1.29, 1.82) is 0 Å². The summed E-state index contributed by atoms with van der Waals surface area (Å²) in [6.07, 6.45) is 1.38. The minimum Gasteiger partial charge on any atom is -0.497 e. The molecule has 2 nitrogen and oxygen atoms in total. The van der Waals surface area contributed by atoms with Gasteiger partial charge in [0, 0.05) is 5.02 Å². The Bertz CT molecular complexity index is 603. The van der Waals surface area contributed by atoms with Gasteiger partial charge in [-0.3, -0.25) is 0 Å². The SMILES string of the molecule is COc1cccc(CC(CN)Cc2ccc(Cl)cc2F)c1. The normalized spacial score (nSPS) is 12.2. The molecule has 112 valence electrons. The van der Waals surface area contributed by atoms with Gasteiger partial charge in [-0.05, 0) is 60.7 Å². The Hall–Kier alpha value is -1.58. The zero-order valence-corrected chi connectivity index (χ0v) is 12.7. The molecule has 2 aromatic rings. The highest BCUT2D eigenvalue weighted by Crippen LogP contribution is 2.21. The van der Waals surface area contributed by atoms with Crippen LogP contribution in [0.3, 0.4) is 0 Å². The number of rotatable bonds is 6. The highest BCUT2D eigenvalue weighted by atomic mass is 35.5. The number of methoxy groups -OCH3 is 1. The number of ether oxygens (including phenoxy) is 1. The Morgan fingerprint density at radius 2 is 2.00 bits per heavy atom. The Labute approximate surface area is 129 Å². The zero-order valence-electron chi connectivity index (χ0n) is 12.0. The molecule has 0 aliphatic heterocycles. The summed E-state index contributed by atoms with van der Waals surface area (Å²) in [5.74, 6) is 0.723. The van der Waals surface area contributed by atoms with Crippen molar-refractivity contribution in [2.75, 3.05) is 13.7 Å². The van der Waals surface area contributed by atoms with E-state index >= 15 is 0 Å². The molecule has 0 saturated heterocycles. The monoisotopic (exact) mass is 307 g/mol. The van der Waals surface area contributed by atoms with Crippen LogP contribution >= 0.6 is 11.6 Å². The van der Waals surface area contributed by atoms with E-state index in [1.807, 2.05) is 24.3 Å². The van der Waals surface area contributed by atoms with E-state index in [1.165, 1.54) is 6.07 Å².